The maximum Gasteiger partial charge on any atom is 0.0322 e. The molecule has 1 aliphatic rings. The first kappa shape index (κ1) is 13.6. The first-order valence-corrected chi connectivity index (χ1v) is 7.14. The molecule has 2 rings (SSSR count). The first-order valence-electron chi connectivity index (χ1n) is 7.14. The van der Waals surface area contributed by atoms with Crippen LogP contribution in [0, 0.1) is 12.8 Å². The van der Waals surface area contributed by atoms with Crippen LogP contribution in [-0.2, 0) is 0 Å². The summed E-state index contributed by atoms with van der Waals surface area (Å²) >= 11 is 0. The Hall–Kier alpha value is -0.860. The molecule has 1 saturated heterocycles. The van der Waals surface area contributed by atoms with E-state index in [9.17, 15) is 0 Å². The van der Waals surface area contributed by atoms with E-state index in [1.165, 1.54) is 30.5 Å². The van der Waals surface area contributed by atoms with Crippen molar-refractivity contribution in [1.29, 1.82) is 0 Å². The fourth-order valence-corrected chi connectivity index (χ4v) is 3.07. The zero-order valence-electron chi connectivity index (χ0n) is 11.9. The summed E-state index contributed by atoms with van der Waals surface area (Å²) in [5, 5.41) is 0. The molecule has 100 valence electrons. The molecule has 2 N–H and O–H groups in total. The van der Waals surface area contributed by atoms with Gasteiger partial charge in [0.05, 0.1) is 0 Å². The molecule has 0 bridgehead atoms. The SMILES string of the molecule is Cc1ccccc1C(C)N1CCCC(C(C)N)C1. The Labute approximate surface area is 111 Å². The number of likely N-dealkylation sites (tertiary alicyclic amines) is 1. The molecule has 0 amide bonds. The summed E-state index contributed by atoms with van der Waals surface area (Å²) in [6.45, 7) is 9.03. The minimum absolute atomic E-state index is 0.317. The number of benzene rings is 1. The van der Waals surface area contributed by atoms with Crippen molar-refractivity contribution in [2.75, 3.05) is 13.1 Å². The molecule has 0 spiro atoms. The van der Waals surface area contributed by atoms with Crippen molar-refractivity contribution in [3.05, 3.63) is 35.4 Å². The zero-order valence-corrected chi connectivity index (χ0v) is 11.9. The molecule has 3 unspecified atom stereocenters. The molecule has 2 heteroatoms. The predicted molar refractivity (Wildman–Crippen MR) is 77.5 cm³/mol. The Morgan fingerprint density at radius 2 is 2.00 bits per heavy atom. The Morgan fingerprint density at radius 3 is 2.67 bits per heavy atom. The fraction of sp³-hybridized carbons (Fsp3) is 0.625. The van der Waals surface area contributed by atoms with E-state index < -0.39 is 0 Å². The molecule has 0 radical (unpaired) electrons. The van der Waals surface area contributed by atoms with Gasteiger partial charge in [0.1, 0.15) is 0 Å². The molecule has 0 aromatic heterocycles. The van der Waals surface area contributed by atoms with Gasteiger partial charge in [-0.2, -0.15) is 0 Å². The van der Waals surface area contributed by atoms with Crippen molar-refractivity contribution in [1.82, 2.24) is 4.90 Å². The van der Waals surface area contributed by atoms with Gasteiger partial charge in [0.15, 0.2) is 0 Å². The van der Waals surface area contributed by atoms with E-state index in [4.69, 9.17) is 5.73 Å². The number of nitrogens with zero attached hydrogens (tertiary/aromatic N) is 1. The highest BCUT2D eigenvalue weighted by Gasteiger charge is 2.26. The van der Waals surface area contributed by atoms with E-state index in [2.05, 4.69) is 49.9 Å². The molecule has 1 fully saturated rings. The minimum Gasteiger partial charge on any atom is -0.328 e. The van der Waals surface area contributed by atoms with Crippen molar-refractivity contribution in [2.24, 2.45) is 11.7 Å². The van der Waals surface area contributed by atoms with Gasteiger partial charge < -0.3 is 5.73 Å². The van der Waals surface area contributed by atoms with Crippen LogP contribution in [-0.4, -0.2) is 24.0 Å². The Balaban J connectivity index is 2.09. The van der Waals surface area contributed by atoms with Crippen LogP contribution in [0.2, 0.25) is 0 Å². The van der Waals surface area contributed by atoms with E-state index >= 15 is 0 Å². The molecule has 2 nitrogen and oxygen atoms in total. The molecule has 1 aliphatic heterocycles. The third-order valence-electron chi connectivity index (χ3n) is 4.42. The lowest BCUT2D eigenvalue weighted by Gasteiger charge is -2.38. The standard InChI is InChI=1S/C16H26N2/c1-12-7-4-5-9-16(12)14(3)18-10-6-8-15(11-18)13(2)17/h4-5,7,9,13-15H,6,8,10-11,17H2,1-3H3. The predicted octanol–water partition coefficient (Wildman–Crippen LogP) is 3.12. The molecule has 1 aromatic rings. The lowest BCUT2D eigenvalue weighted by atomic mass is 9.90. The third kappa shape index (κ3) is 2.93. The highest BCUT2D eigenvalue weighted by atomic mass is 15.2. The van der Waals surface area contributed by atoms with Crippen LogP contribution in [0.1, 0.15) is 43.9 Å². The van der Waals surface area contributed by atoms with Crippen LogP contribution in [0.3, 0.4) is 0 Å². The van der Waals surface area contributed by atoms with E-state index in [0.717, 1.165) is 6.54 Å². The lowest BCUT2D eigenvalue weighted by Crippen LogP contribution is -2.43. The Bertz CT molecular complexity index is 386. The summed E-state index contributed by atoms with van der Waals surface area (Å²) in [5.74, 6) is 0.658. The number of piperidine rings is 1. The Kier molecular flexibility index (Phi) is 4.41. The second-order valence-electron chi connectivity index (χ2n) is 5.79. The van der Waals surface area contributed by atoms with Crippen molar-refractivity contribution in [3.63, 3.8) is 0 Å². The molecule has 0 saturated carbocycles. The summed E-state index contributed by atoms with van der Waals surface area (Å²) in [5.41, 5.74) is 8.93. The maximum absolute atomic E-state index is 6.07. The second-order valence-corrected chi connectivity index (χ2v) is 5.79. The Morgan fingerprint density at radius 1 is 1.28 bits per heavy atom. The fourth-order valence-electron chi connectivity index (χ4n) is 3.07. The molecular weight excluding hydrogens is 220 g/mol. The average Bonchev–Trinajstić information content (AvgIpc) is 2.38. The van der Waals surface area contributed by atoms with Gasteiger partial charge in [-0.05, 0) is 57.2 Å². The second kappa shape index (κ2) is 5.85. The van der Waals surface area contributed by atoms with Crippen molar-refractivity contribution in [3.8, 4) is 0 Å². The van der Waals surface area contributed by atoms with Crippen LogP contribution in [0.15, 0.2) is 24.3 Å². The number of aryl methyl sites for hydroxylation is 1. The van der Waals surface area contributed by atoms with Crippen molar-refractivity contribution in [2.45, 2.75) is 45.7 Å². The van der Waals surface area contributed by atoms with Crippen LogP contribution in [0.25, 0.3) is 0 Å². The normalized spacial score (nSPS) is 24.8. The summed E-state index contributed by atoms with van der Waals surface area (Å²) < 4.78 is 0. The monoisotopic (exact) mass is 246 g/mol. The topological polar surface area (TPSA) is 29.3 Å². The summed E-state index contributed by atoms with van der Waals surface area (Å²) in [7, 11) is 0. The number of rotatable bonds is 3. The zero-order chi connectivity index (χ0) is 13.1. The van der Waals surface area contributed by atoms with Crippen LogP contribution < -0.4 is 5.73 Å². The van der Waals surface area contributed by atoms with Gasteiger partial charge in [0, 0.05) is 18.6 Å². The van der Waals surface area contributed by atoms with Gasteiger partial charge in [-0.15, -0.1) is 0 Å². The van der Waals surface area contributed by atoms with Crippen LogP contribution in [0.4, 0.5) is 0 Å². The molecule has 1 heterocycles. The number of nitrogens with two attached hydrogens (primary N) is 1. The largest absolute Gasteiger partial charge is 0.328 e. The summed E-state index contributed by atoms with van der Waals surface area (Å²) in [4.78, 5) is 2.60. The van der Waals surface area contributed by atoms with Gasteiger partial charge in [-0.25, -0.2) is 0 Å². The van der Waals surface area contributed by atoms with Crippen LogP contribution >= 0.6 is 0 Å². The van der Waals surface area contributed by atoms with Crippen LogP contribution in [0.5, 0.6) is 0 Å². The van der Waals surface area contributed by atoms with E-state index in [-0.39, 0.29) is 0 Å². The van der Waals surface area contributed by atoms with Crippen molar-refractivity contribution >= 4 is 0 Å². The van der Waals surface area contributed by atoms with Gasteiger partial charge in [0.25, 0.3) is 0 Å². The summed E-state index contributed by atoms with van der Waals surface area (Å²) in [6.07, 6.45) is 2.57. The number of hydrogen-bond acceptors (Lipinski definition) is 2. The number of hydrogen-bond donors (Lipinski definition) is 1. The van der Waals surface area contributed by atoms with Gasteiger partial charge in [0.2, 0.25) is 0 Å². The smallest absolute Gasteiger partial charge is 0.0322 e. The summed E-state index contributed by atoms with van der Waals surface area (Å²) in [6, 6.07) is 9.55. The average molecular weight is 246 g/mol. The third-order valence-corrected chi connectivity index (χ3v) is 4.42. The van der Waals surface area contributed by atoms with E-state index in [1.54, 1.807) is 0 Å². The lowest BCUT2D eigenvalue weighted by molar-refractivity contribution is 0.121. The molecule has 3 atom stereocenters. The molecule has 1 aromatic carbocycles. The highest BCUT2D eigenvalue weighted by Crippen LogP contribution is 2.29. The van der Waals surface area contributed by atoms with Gasteiger partial charge in [-0.1, -0.05) is 24.3 Å². The van der Waals surface area contributed by atoms with E-state index in [0.29, 0.717) is 18.0 Å². The minimum atomic E-state index is 0.317. The quantitative estimate of drug-likeness (QED) is 0.888. The first-order chi connectivity index (χ1) is 8.59. The highest BCUT2D eigenvalue weighted by molar-refractivity contribution is 5.28. The van der Waals surface area contributed by atoms with Gasteiger partial charge >= 0.3 is 0 Å². The van der Waals surface area contributed by atoms with E-state index in [1.807, 2.05) is 0 Å². The molecule has 18 heavy (non-hydrogen) atoms. The molecule has 0 aliphatic carbocycles. The maximum atomic E-state index is 6.07. The van der Waals surface area contributed by atoms with Gasteiger partial charge in [-0.3, -0.25) is 4.90 Å². The molecular formula is C16H26N2. The van der Waals surface area contributed by atoms with Crippen molar-refractivity contribution < 1.29 is 0 Å².